The Balaban J connectivity index is 2.29. The van der Waals surface area contributed by atoms with Gasteiger partial charge < -0.3 is 0 Å². The smallest absolute Gasteiger partial charge is 0.0247 e. The highest BCUT2D eigenvalue weighted by Crippen LogP contribution is 2.19. The van der Waals surface area contributed by atoms with Crippen LogP contribution in [0.5, 0.6) is 0 Å². The number of halogens is 1. The van der Waals surface area contributed by atoms with Gasteiger partial charge in [0.25, 0.3) is 0 Å². The van der Waals surface area contributed by atoms with Crippen LogP contribution in [0.1, 0.15) is 16.7 Å². The first-order valence-electron chi connectivity index (χ1n) is 5.25. The standard InChI is InChI=1S/C15H13Br/c1-12-6-2-3-7-13(12)10-11-14-8-4-5-9-15(14)16/h2-11H,1H3/b11-10+. The monoisotopic (exact) mass is 272 g/mol. The molecule has 2 aromatic rings. The summed E-state index contributed by atoms with van der Waals surface area (Å²) in [6.07, 6.45) is 4.28. The third-order valence-corrected chi connectivity index (χ3v) is 3.26. The van der Waals surface area contributed by atoms with Gasteiger partial charge in [-0.05, 0) is 29.7 Å². The van der Waals surface area contributed by atoms with Gasteiger partial charge in [0.15, 0.2) is 0 Å². The lowest BCUT2D eigenvalue weighted by Gasteiger charge is -2.00. The molecule has 0 fully saturated rings. The van der Waals surface area contributed by atoms with Gasteiger partial charge in [-0.15, -0.1) is 0 Å². The summed E-state index contributed by atoms with van der Waals surface area (Å²) in [5.74, 6) is 0. The molecule has 0 nitrogen and oxygen atoms in total. The Hall–Kier alpha value is -1.34. The summed E-state index contributed by atoms with van der Waals surface area (Å²) >= 11 is 3.54. The SMILES string of the molecule is Cc1ccccc1/C=C/c1ccccc1Br. The fourth-order valence-electron chi connectivity index (χ4n) is 1.56. The van der Waals surface area contributed by atoms with Crippen LogP contribution in [0.4, 0.5) is 0 Å². The van der Waals surface area contributed by atoms with Crippen molar-refractivity contribution >= 4 is 28.1 Å². The molecule has 0 spiro atoms. The van der Waals surface area contributed by atoms with Crippen LogP contribution in [-0.4, -0.2) is 0 Å². The predicted octanol–water partition coefficient (Wildman–Crippen LogP) is 4.93. The van der Waals surface area contributed by atoms with E-state index in [1.165, 1.54) is 16.7 Å². The predicted molar refractivity (Wildman–Crippen MR) is 74.2 cm³/mol. The number of aryl methyl sites for hydroxylation is 1. The highest BCUT2D eigenvalue weighted by Gasteiger charge is 1.94. The van der Waals surface area contributed by atoms with E-state index in [1.54, 1.807) is 0 Å². The Morgan fingerprint density at radius 3 is 2.06 bits per heavy atom. The van der Waals surface area contributed by atoms with Gasteiger partial charge in [-0.2, -0.15) is 0 Å². The molecule has 2 aromatic carbocycles. The third-order valence-electron chi connectivity index (χ3n) is 2.54. The minimum absolute atomic E-state index is 1.12. The summed E-state index contributed by atoms with van der Waals surface area (Å²) in [5, 5.41) is 0. The van der Waals surface area contributed by atoms with Crippen molar-refractivity contribution in [3.05, 3.63) is 69.7 Å². The van der Waals surface area contributed by atoms with Crippen molar-refractivity contribution in [1.29, 1.82) is 0 Å². The largest absolute Gasteiger partial charge is 0.0620 e. The first kappa shape index (κ1) is 11.2. The van der Waals surface area contributed by atoms with Crippen LogP contribution < -0.4 is 0 Å². The number of rotatable bonds is 2. The second kappa shape index (κ2) is 5.13. The molecule has 0 heterocycles. The van der Waals surface area contributed by atoms with Crippen molar-refractivity contribution < 1.29 is 0 Å². The number of hydrogen-bond donors (Lipinski definition) is 0. The molecule has 0 amide bonds. The van der Waals surface area contributed by atoms with Crippen molar-refractivity contribution in [2.75, 3.05) is 0 Å². The van der Waals surface area contributed by atoms with Crippen LogP contribution in [0.2, 0.25) is 0 Å². The van der Waals surface area contributed by atoms with Crippen LogP contribution in [0.25, 0.3) is 12.2 Å². The Morgan fingerprint density at radius 1 is 0.812 bits per heavy atom. The van der Waals surface area contributed by atoms with Gasteiger partial charge in [-0.25, -0.2) is 0 Å². The quantitative estimate of drug-likeness (QED) is 0.681. The van der Waals surface area contributed by atoms with Crippen LogP contribution in [0.15, 0.2) is 53.0 Å². The van der Waals surface area contributed by atoms with Crippen molar-refractivity contribution in [3.63, 3.8) is 0 Å². The molecule has 1 heteroatoms. The molecule has 0 N–H and O–H groups in total. The fraction of sp³-hybridized carbons (Fsp3) is 0.0667. The highest BCUT2D eigenvalue weighted by molar-refractivity contribution is 9.10. The zero-order valence-corrected chi connectivity index (χ0v) is 10.7. The lowest BCUT2D eigenvalue weighted by molar-refractivity contribution is 1.45. The highest BCUT2D eigenvalue weighted by atomic mass is 79.9. The van der Waals surface area contributed by atoms with E-state index in [4.69, 9.17) is 0 Å². The van der Waals surface area contributed by atoms with E-state index in [1.807, 2.05) is 12.1 Å². The molecule has 0 saturated heterocycles. The fourth-order valence-corrected chi connectivity index (χ4v) is 1.98. The van der Waals surface area contributed by atoms with Gasteiger partial charge in [0.1, 0.15) is 0 Å². The van der Waals surface area contributed by atoms with Gasteiger partial charge >= 0.3 is 0 Å². The molecule has 0 radical (unpaired) electrons. The van der Waals surface area contributed by atoms with Gasteiger partial charge in [0.2, 0.25) is 0 Å². The molecule has 0 aromatic heterocycles. The molecule has 0 atom stereocenters. The molecule has 0 bridgehead atoms. The average molecular weight is 273 g/mol. The van der Waals surface area contributed by atoms with Gasteiger partial charge in [0, 0.05) is 4.47 Å². The van der Waals surface area contributed by atoms with Crippen molar-refractivity contribution in [2.24, 2.45) is 0 Å². The van der Waals surface area contributed by atoms with E-state index >= 15 is 0 Å². The lowest BCUT2D eigenvalue weighted by Crippen LogP contribution is -1.78. The molecular formula is C15H13Br. The minimum Gasteiger partial charge on any atom is -0.0620 e. The van der Waals surface area contributed by atoms with Crippen molar-refractivity contribution in [3.8, 4) is 0 Å². The molecule has 0 aliphatic carbocycles. The normalized spacial score (nSPS) is 10.9. The summed E-state index contributed by atoms with van der Waals surface area (Å²) < 4.78 is 1.12. The topological polar surface area (TPSA) is 0 Å². The molecule has 0 aliphatic heterocycles. The van der Waals surface area contributed by atoms with Crippen molar-refractivity contribution in [1.82, 2.24) is 0 Å². The summed E-state index contributed by atoms with van der Waals surface area (Å²) in [4.78, 5) is 0. The lowest BCUT2D eigenvalue weighted by atomic mass is 10.1. The van der Waals surface area contributed by atoms with Crippen LogP contribution in [0.3, 0.4) is 0 Å². The summed E-state index contributed by atoms with van der Waals surface area (Å²) in [6.45, 7) is 2.12. The van der Waals surface area contributed by atoms with E-state index in [-0.39, 0.29) is 0 Å². The third kappa shape index (κ3) is 2.61. The summed E-state index contributed by atoms with van der Waals surface area (Å²) in [7, 11) is 0. The van der Waals surface area contributed by atoms with E-state index in [2.05, 4.69) is 71.4 Å². The van der Waals surface area contributed by atoms with Crippen molar-refractivity contribution in [2.45, 2.75) is 6.92 Å². The van der Waals surface area contributed by atoms with E-state index in [0.717, 1.165) is 4.47 Å². The van der Waals surface area contributed by atoms with Gasteiger partial charge in [-0.1, -0.05) is 70.5 Å². The second-order valence-electron chi connectivity index (χ2n) is 3.71. The van der Waals surface area contributed by atoms with Crippen LogP contribution >= 0.6 is 15.9 Å². The zero-order valence-electron chi connectivity index (χ0n) is 9.15. The van der Waals surface area contributed by atoms with Gasteiger partial charge in [-0.3, -0.25) is 0 Å². The molecule has 2 rings (SSSR count). The maximum absolute atomic E-state index is 3.54. The van der Waals surface area contributed by atoms with E-state index in [9.17, 15) is 0 Å². The number of benzene rings is 2. The summed E-state index contributed by atoms with van der Waals surface area (Å²) in [6, 6.07) is 16.6. The Bertz CT molecular complexity index is 465. The average Bonchev–Trinajstić information content (AvgIpc) is 2.30. The molecule has 0 saturated carbocycles. The molecule has 80 valence electrons. The maximum atomic E-state index is 3.54. The Kier molecular flexibility index (Phi) is 3.58. The van der Waals surface area contributed by atoms with Gasteiger partial charge in [0.05, 0.1) is 0 Å². The first-order valence-corrected chi connectivity index (χ1v) is 6.05. The molecule has 0 aliphatic rings. The number of hydrogen-bond acceptors (Lipinski definition) is 0. The Morgan fingerprint density at radius 2 is 1.38 bits per heavy atom. The molecular weight excluding hydrogens is 260 g/mol. The van der Waals surface area contributed by atoms with Crippen LogP contribution in [-0.2, 0) is 0 Å². The zero-order chi connectivity index (χ0) is 11.4. The second-order valence-corrected chi connectivity index (χ2v) is 4.57. The minimum atomic E-state index is 1.12. The van der Waals surface area contributed by atoms with E-state index in [0.29, 0.717) is 0 Å². The van der Waals surface area contributed by atoms with E-state index < -0.39 is 0 Å². The Labute approximate surface area is 105 Å². The first-order chi connectivity index (χ1) is 7.77. The summed E-state index contributed by atoms with van der Waals surface area (Å²) in [5.41, 5.74) is 3.76. The maximum Gasteiger partial charge on any atom is 0.0247 e. The molecule has 0 unspecified atom stereocenters. The van der Waals surface area contributed by atoms with Crippen LogP contribution in [0, 0.1) is 6.92 Å². The molecule has 16 heavy (non-hydrogen) atoms.